The monoisotopic (exact) mass is 326 g/mol. The van der Waals surface area contributed by atoms with E-state index in [4.69, 9.17) is 10.2 Å². The lowest BCUT2D eigenvalue weighted by molar-refractivity contribution is 0.353. The average Bonchev–Trinajstić information content (AvgIpc) is 3.19. The molecule has 1 saturated carbocycles. The number of hydrogen-bond acceptors (Lipinski definition) is 4. The number of aromatic nitrogens is 3. The van der Waals surface area contributed by atoms with Gasteiger partial charge in [-0.05, 0) is 24.3 Å². The summed E-state index contributed by atoms with van der Waals surface area (Å²) >= 11 is 1.80. The van der Waals surface area contributed by atoms with Gasteiger partial charge in [-0.1, -0.05) is 26.2 Å². The number of nitriles is 1. The van der Waals surface area contributed by atoms with Gasteiger partial charge < -0.3 is 4.57 Å². The molecule has 1 aliphatic rings. The van der Waals surface area contributed by atoms with E-state index in [9.17, 15) is 0 Å². The molecular weight excluding hydrogens is 304 g/mol. The van der Waals surface area contributed by atoms with Crippen LogP contribution < -0.4 is 0 Å². The summed E-state index contributed by atoms with van der Waals surface area (Å²) in [4.78, 5) is 9.38. The van der Waals surface area contributed by atoms with Gasteiger partial charge in [0, 0.05) is 19.4 Å². The highest BCUT2D eigenvalue weighted by Gasteiger charge is 2.22. The van der Waals surface area contributed by atoms with Crippen LogP contribution in [0.2, 0.25) is 0 Å². The van der Waals surface area contributed by atoms with Crippen LogP contribution in [0.4, 0.5) is 0 Å². The molecule has 23 heavy (non-hydrogen) atoms. The Morgan fingerprint density at radius 2 is 2.04 bits per heavy atom. The van der Waals surface area contributed by atoms with Crippen LogP contribution in [-0.2, 0) is 6.42 Å². The van der Waals surface area contributed by atoms with Crippen LogP contribution in [-0.4, -0.2) is 14.5 Å². The Bertz CT molecular complexity index is 834. The van der Waals surface area contributed by atoms with Crippen molar-refractivity contribution in [3.05, 3.63) is 23.5 Å². The summed E-state index contributed by atoms with van der Waals surface area (Å²) in [5, 5.41) is 9.46. The highest BCUT2D eigenvalue weighted by molar-refractivity contribution is 7.18. The molecule has 1 fully saturated rings. The fraction of sp³-hybridized carbons (Fsp3) is 0.500. The second-order valence-corrected chi connectivity index (χ2v) is 6.81. The molecule has 0 spiro atoms. The maximum Gasteiger partial charge on any atom is 0.109 e. The summed E-state index contributed by atoms with van der Waals surface area (Å²) in [5.41, 5.74) is 3.51. The van der Waals surface area contributed by atoms with Crippen molar-refractivity contribution in [2.24, 2.45) is 0 Å². The van der Waals surface area contributed by atoms with E-state index in [1.807, 2.05) is 6.20 Å². The zero-order chi connectivity index (χ0) is 16.2. The smallest absolute Gasteiger partial charge is 0.109 e. The Labute approximate surface area is 140 Å². The zero-order valence-corrected chi connectivity index (χ0v) is 14.6. The van der Waals surface area contributed by atoms with E-state index in [1.165, 1.54) is 55.1 Å². The lowest BCUT2D eigenvalue weighted by Crippen LogP contribution is -2.15. The third kappa shape index (κ3) is 2.96. The molecule has 0 aromatic carbocycles. The van der Waals surface area contributed by atoms with Crippen LogP contribution in [0.3, 0.4) is 0 Å². The van der Waals surface area contributed by atoms with Crippen LogP contribution in [0.1, 0.15) is 57.8 Å². The molecule has 1 aliphatic carbocycles. The quantitative estimate of drug-likeness (QED) is 0.647. The topological polar surface area (TPSA) is 54.5 Å². The van der Waals surface area contributed by atoms with Crippen molar-refractivity contribution in [2.75, 3.05) is 0 Å². The van der Waals surface area contributed by atoms with Crippen LogP contribution in [0.15, 0.2) is 17.6 Å². The van der Waals surface area contributed by atoms with E-state index in [-0.39, 0.29) is 0 Å². The molecule has 0 amide bonds. The van der Waals surface area contributed by atoms with E-state index in [0.29, 0.717) is 6.04 Å². The van der Waals surface area contributed by atoms with Gasteiger partial charge in [0.05, 0.1) is 28.0 Å². The first-order chi connectivity index (χ1) is 11.3. The van der Waals surface area contributed by atoms with Gasteiger partial charge in [0.2, 0.25) is 0 Å². The molecule has 120 valence electrons. The number of nitrogens with zero attached hydrogens (tertiary/aromatic N) is 4. The standard InChI is InChI=1S/C16H19N3S.C2H3N/c1-2-14-18-13-10-17-12-8-9-20-16(12)15(13)19(14)11-6-4-3-5-7-11;1-2-3/h8-11H,2-7H2,1H3;1H3. The Hall–Kier alpha value is -1.93. The molecule has 0 N–H and O–H groups in total. The third-order valence-electron chi connectivity index (χ3n) is 4.45. The Morgan fingerprint density at radius 3 is 2.74 bits per heavy atom. The molecular formula is C18H22N4S. The first-order valence-electron chi connectivity index (χ1n) is 8.34. The largest absolute Gasteiger partial charge is 0.324 e. The molecule has 3 heterocycles. The molecule has 0 bridgehead atoms. The summed E-state index contributed by atoms with van der Waals surface area (Å²) in [5.74, 6) is 1.23. The minimum atomic E-state index is 0.636. The fourth-order valence-corrected chi connectivity index (χ4v) is 4.40. The number of thiophene rings is 1. The van der Waals surface area contributed by atoms with E-state index >= 15 is 0 Å². The van der Waals surface area contributed by atoms with Gasteiger partial charge >= 0.3 is 0 Å². The second kappa shape index (κ2) is 7.10. The molecule has 3 aromatic heterocycles. The van der Waals surface area contributed by atoms with Crippen molar-refractivity contribution in [2.45, 2.75) is 58.4 Å². The maximum absolute atomic E-state index is 7.32. The average molecular weight is 326 g/mol. The number of imidazole rings is 1. The lowest BCUT2D eigenvalue weighted by Gasteiger charge is -2.25. The van der Waals surface area contributed by atoms with E-state index in [1.54, 1.807) is 17.4 Å². The number of hydrogen-bond donors (Lipinski definition) is 0. The van der Waals surface area contributed by atoms with Crippen LogP contribution in [0.5, 0.6) is 0 Å². The molecule has 0 unspecified atom stereocenters. The van der Waals surface area contributed by atoms with Crippen molar-refractivity contribution in [3.8, 4) is 6.07 Å². The lowest BCUT2D eigenvalue weighted by atomic mass is 9.95. The Morgan fingerprint density at radius 1 is 1.30 bits per heavy atom. The number of pyridine rings is 1. The third-order valence-corrected chi connectivity index (χ3v) is 5.36. The van der Waals surface area contributed by atoms with Crippen molar-refractivity contribution >= 4 is 32.6 Å². The molecule has 0 radical (unpaired) electrons. The Balaban J connectivity index is 0.000000485. The van der Waals surface area contributed by atoms with Crippen molar-refractivity contribution in [3.63, 3.8) is 0 Å². The molecule has 5 heteroatoms. The number of aryl methyl sites for hydroxylation is 1. The van der Waals surface area contributed by atoms with Gasteiger partial charge in [-0.15, -0.1) is 11.3 Å². The van der Waals surface area contributed by atoms with Gasteiger partial charge in [-0.2, -0.15) is 5.26 Å². The van der Waals surface area contributed by atoms with Crippen LogP contribution >= 0.6 is 11.3 Å². The molecule has 0 atom stereocenters. The van der Waals surface area contributed by atoms with Crippen molar-refractivity contribution < 1.29 is 0 Å². The highest BCUT2D eigenvalue weighted by Crippen LogP contribution is 2.36. The first-order valence-corrected chi connectivity index (χ1v) is 9.22. The normalized spacial score (nSPS) is 15.3. The predicted octanol–water partition coefficient (Wildman–Crippen LogP) is 5.24. The highest BCUT2D eigenvalue weighted by atomic mass is 32.1. The zero-order valence-electron chi connectivity index (χ0n) is 13.7. The minimum Gasteiger partial charge on any atom is -0.324 e. The summed E-state index contributed by atoms with van der Waals surface area (Å²) in [6.07, 6.45) is 9.64. The van der Waals surface area contributed by atoms with Crippen LogP contribution in [0, 0.1) is 11.3 Å². The predicted molar refractivity (Wildman–Crippen MR) is 95.7 cm³/mol. The second-order valence-electron chi connectivity index (χ2n) is 5.89. The van der Waals surface area contributed by atoms with E-state index in [0.717, 1.165) is 17.5 Å². The van der Waals surface area contributed by atoms with Gasteiger partial charge in [0.15, 0.2) is 0 Å². The summed E-state index contributed by atoms with van der Waals surface area (Å²) in [6, 6.07) is 4.50. The molecule has 0 aliphatic heterocycles. The van der Waals surface area contributed by atoms with Crippen LogP contribution in [0.25, 0.3) is 21.3 Å². The van der Waals surface area contributed by atoms with Gasteiger partial charge in [-0.25, -0.2) is 4.98 Å². The number of rotatable bonds is 2. The minimum absolute atomic E-state index is 0.636. The van der Waals surface area contributed by atoms with Crippen molar-refractivity contribution in [1.82, 2.24) is 14.5 Å². The van der Waals surface area contributed by atoms with Gasteiger partial charge in [-0.3, -0.25) is 4.98 Å². The summed E-state index contributed by atoms with van der Waals surface area (Å²) in [6.45, 7) is 3.64. The molecule has 4 rings (SSSR count). The maximum atomic E-state index is 7.32. The molecule has 3 aromatic rings. The summed E-state index contributed by atoms with van der Waals surface area (Å²) < 4.78 is 3.84. The summed E-state index contributed by atoms with van der Waals surface area (Å²) in [7, 11) is 0. The fourth-order valence-electron chi connectivity index (χ4n) is 3.51. The first kappa shape index (κ1) is 15.9. The SMILES string of the molecule is CC#N.CCc1nc2cnc3ccsc3c2n1C1CCCCC1. The van der Waals surface area contributed by atoms with E-state index in [2.05, 4.69) is 27.9 Å². The van der Waals surface area contributed by atoms with Gasteiger partial charge in [0.25, 0.3) is 0 Å². The van der Waals surface area contributed by atoms with Gasteiger partial charge in [0.1, 0.15) is 11.3 Å². The van der Waals surface area contributed by atoms with Crippen molar-refractivity contribution in [1.29, 1.82) is 5.26 Å². The Kier molecular flexibility index (Phi) is 4.92. The molecule has 4 nitrogen and oxygen atoms in total. The molecule has 0 saturated heterocycles. The number of fused-ring (bicyclic) bond motifs is 3. The van der Waals surface area contributed by atoms with E-state index < -0.39 is 0 Å².